The van der Waals surface area contributed by atoms with E-state index >= 15 is 0 Å². The summed E-state index contributed by atoms with van der Waals surface area (Å²) in [6, 6.07) is 8.28. The van der Waals surface area contributed by atoms with Crippen LogP contribution in [0.25, 0.3) is 6.08 Å². The molecule has 1 aromatic rings. The van der Waals surface area contributed by atoms with Crippen molar-refractivity contribution in [3.63, 3.8) is 0 Å². The lowest BCUT2D eigenvalue weighted by atomic mass is 10.2. The van der Waals surface area contributed by atoms with Crippen LogP contribution in [0, 0.1) is 0 Å². The van der Waals surface area contributed by atoms with Crippen LogP contribution in [0.2, 0.25) is 0 Å². The van der Waals surface area contributed by atoms with Gasteiger partial charge in [0.15, 0.2) is 0 Å². The SMILES string of the molecule is COC(=O)C(C)N1C(=O)SC(=Cc2ccccc2)C1=O. The van der Waals surface area contributed by atoms with Crippen LogP contribution in [0.1, 0.15) is 12.5 Å². The van der Waals surface area contributed by atoms with Crippen molar-refractivity contribution in [1.82, 2.24) is 4.90 Å². The van der Waals surface area contributed by atoms with Gasteiger partial charge in [-0.1, -0.05) is 30.3 Å². The summed E-state index contributed by atoms with van der Waals surface area (Å²) in [6.45, 7) is 1.47. The largest absolute Gasteiger partial charge is 0.467 e. The predicted octanol–water partition coefficient (Wildman–Crippen LogP) is 2.28. The number of methoxy groups -OCH3 is 1. The second-order valence-electron chi connectivity index (χ2n) is 4.16. The van der Waals surface area contributed by atoms with Crippen molar-refractivity contribution in [2.24, 2.45) is 0 Å². The number of imide groups is 1. The molecule has 0 aromatic heterocycles. The fourth-order valence-electron chi connectivity index (χ4n) is 1.79. The molecule has 20 heavy (non-hydrogen) atoms. The highest BCUT2D eigenvalue weighted by molar-refractivity contribution is 8.18. The lowest BCUT2D eigenvalue weighted by Gasteiger charge is -2.18. The summed E-state index contributed by atoms with van der Waals surface area (Å²) in [5.74, 6) is -1.09. The van der Waals surface area contributed by atoms with Gasteiger partial charge in [0.2, 0.25) is 0 Å². The molecule has 5 nitrogen and oxygen atoms in total. The minimum absolute atomic E-state index is 0.303. The molecule has 1 atom stereocenters. The number of amides is 2. The molecular formula is C14H13NO4S. The van der Waals surface area contributed by atoms with Crippen LogP contribution in [-0.2, 0) is 14.3 Å². The molecule has 6 heteroatoms. The molecular weight excluding hydrogens is 278 g/mol. The lowest BCUT2D eigenvalue weighted by molar-refractivity contribution is -0.148. The summed E-state index contributed by atoms with van der Waals surface area (Å²) in [5, 5.41) is -0.463. The van der Waals surface area contributed by atoms with Crippen LogP contribution in [0.4, 0.5) is 4.79 Å². The highest BCUT2D eigenvalue weighted by Gasteiger charge is 2.41. The maximum atomic E-state index is 12.2. The average molecular weight is 291 g/mol. The monoisotopic (exact) mass is 291 g/mol. The Bertz CT molecular complexity index is 582. The van der Waals surface area contributed by atoms with Gasteiger partial charge in [0.25, 0.3) is 11.1 Å². The summed E-state index contributed by atoms with van der Waals surface area (Å²) < 4.78 is 4.56. The smallest absolute Gasteiger partial charge is 0.328 e. The zero-order chi connectivity index (χ0) is 14.7. The van der Waals surface area contributed by atoms with E-state index in [1.54, 1.807) is 6.08 Å². The lowest BCUT2D eigenvalue weighted by Crippen LogP contribution is -2.42. The first-order chi connectivity index (χ1) is 9.54. The molecule has 0 N–H and O–H groups in total. The quantitative estimate of drug-likeness (QED) is 0.631. The summed E-state index contributed by atoms with van der Waals surface area (Å²) in [7, 11) is 1.22. The summed E-state index contributed by atoms with van der Waals surface area (Å²) in [6.07, 6.45) is 1.63. The van der Waals surface area contributed by atoms with Gasteiger partial charge in [0, 0.05) is 0 Å². The van der Waals surface area contributed by atoms with Crippen molar-refractivity contribution >= 4 is 35.0 Å². The van der Waals surface area contributed by atoms with E-state index in [4.69, 9.17) is 0 Å². The third kappa shape index (κ3) is 2.75. The van der Waals surface area contributed by atoms with E-state index in [-0.39, 0.29) is 0 Å². The van der Waals surface area contributed by atoms with Crippen LogP contribution >= 0.6 is 11.8 Å². The zero-order valence-corrected chi connectivity index (χ0v) is 11.8. The molecule has 1 unspecified atom stereocenters. The van der Waals surface area contributed by atoms with Crippen molar-refractivity contribution in [1.29, 1.82) is 0 Å². The van der Waals surface area contributed by atoms with E-state index in [1.807, 2.05) is 30.3 Å². The van der Waals surface area contributed by atoms with E-state index in [2.05, 4.69) is 4.74 Å². The first-order valence-corrected chi connectivity index (χ1v) is 6.76. The van der Waals surface area contributed by atoms with Gasteiger partial charge in [0.1, 0.15) is 6.04 Å². The van der Waals surface area contributed by atoms with Gasteiger partial charge in [-0.25, -0.2) is 4.79 Å². The second kappa shape index (κ2) is 5.92. The number of carbonyl (C=O) groups is 3. The molecule has 0 spiro atoms. The predicted molar refractivity (Wildman–Crippen MR) is 75.7 cm³/mol. The molecule has 2 rings (SSSR count). The fourth-order valence-corrected chi connectivity index (χ4v) is 2.70. The van der Waals surface area contributed by atoms with Gasteiger partial charge in [-0.3, -0.25) is 14.5 Å². The number of thioether (sulfide) groups is 1. The normalized spacial score (nSPS) is 18.5. The Hall–Kier alpha value is -2.08. The number of hydrogen-bond acceptors (Lipinski definition) is 5. The Balaban J connectivity index is 2.25. The molecule has 2 amide bonds. The van der Waals surface area contributed by atoms with Crippen molar-refractivity contribution in [2.75, 3.05) is 7.11 Å². The van der Waals surface area contributed by atoms with Gasteiger partial charge in [0.05, 0.1) is 12.0 Å². The first kappa shape index (κ1) is 14.3. The van der Waals surface area contributed by atoms with Gasteiger partial charge in [-0.05, 0) is 30.3 Å². The summed E-state index contributed by atoms with van der Waals surface area (Å²) >= 11 is 0.824. The molecule has 1 saturated heterocycles. The van der Waals surface area contributed by atoms with Gasteiger partial charge >= 0.3 is 5.97 Å². The van der Waals surface area contributed by atoms with Crippen LogP contribution < -0.4 is 0 Å². The van der Waals surface area contributed by atoms with E-state index in [1.165, 1.54) is 14.0 Å². The zero-order valence-electron chi connectivity index (χ0n) is 11.0. The van der Waals surface area contributed by atoms with Gasteiger partial charge in [-0.2, -0.15) is 0 Å². The molecule has 0 bridgehead atoms. The first-order valence-electron chi connectivity index (χ1n) is 5.94. The third-order valence-corrected chi connectivity index (χ3v) is 3.73. The highest BCUT2D eigenvalue weighted by Crippen LogP contribution is 2.33. The third-order valence-electron chi connectivity index (χ3n) is 2.85. The van der Waals surface area contributed by atoms with Crippen LogP contribution in [0.3, 0.4) is 0 Å². The molecule has 1 aliphatic heterocycles. The topological polar surface area (TPSA) is 63.7 Å². The molecule has 1 fully saturated rings. The maximum Gasteiger partial charge on any atom is 0.328 e. The Morgan fingerprint density at radius 1 is 1.30 bits per heavy atom. The summed E-state index contributed by atoms with van der Waals surface area (Å²) in [4.78, 5) is 36.7. The number of esters is 1. The van der Waals surface area contributed by atoms with Crippen molar-refractivity contribution in [2.45, 2.75) is 13.0 Å². The molecule has 104 valence electrons. The Morgan fingerprint density at radius 2 is 1.95 bits per heavy atom. The molecule has 1 aromatic carbocycles. The number of benzene rings is 1. The molecule has 1 heterocycles. The highest BCUT2D eigenvalue weighted by atomic mass is 32.2. The molecule has 0 saturated carbocycles. The number of rotatable bonds is 3. The van der Waals surface area contributed by atoms with E-state index in [9.17, 15) is 14.4 Å². The number of hydrogen-bond donors (Lipinski definition) is 0. The Labute approximate surface area is 120 Å². The van der Waals surface area contributed by atoms with E-state index < -0.39 is 23.2 Å². The van der Waals surface area contributed by atoms with Gasteiger partial charge < -0.3 is 4.74 Å². The van der Waals surface area contributed by atoms with Crippen LogP contribution in [0.15, 0.2) is 35.2 Å². The summed E-state index contributed by atoms with van der Waals surface area (Å²) in [5.41, 5.74) is 0.823. The Kier molecular flexibility index (Phi) is 4.24. The van der Waals surface area contributed by atoms with Crippen LogP contribution in [-0.4, -0.2) is 35.2 Å². The number of ether oxygens (including phenoxy) is 1. The standard InChI is InChI=1S/C14H13NO4S/c1-9(13(17)19-2)15-12(16)11(20-14(15)18)8-10-6-4-3-5-7-10/h3-9H,1-2H3. The van der Waals surface area contributed by atoms with Crippen molar-refractivity contribution in [3.8, 4) is 0 Å². The van der Waals surface area contributed by atoms with Gasteiger partial charge in [-0.15, -0.1) is 0 Å². The van der Waals surface area contributed by atoms with Crippen LogP contribution in [0.5, 0.6) is 0 Å². The number of carbonyl (C=O) groups excluding carboxylic acids is 3. The van der Waals surface area contributed by atoms with E-state index in [0.717, 1.165) is 22.2 Å². The van der Waals surface area contributed by atoms with E-state index in [0.29, 0.717) is 4.91 Å². The Morgan fingerprint density at radius 3 is 2.55 bits per heavy atom. The molecule has 0 aliphatic carbocycles. The van der Waals surface area contributed by atoms with Crippen molar-refractivity contribution < 1.29 is 19.1 Å². The second-order valence-corrected chi connectivity index (χ2v) is 5.15. The van der Waals surface area contributed by atoms with Crippen molar-refractivity contribution in [3.05, 3.63) is 40.8 Å². The molecule has 0 radical (unpaired) electrons. The maximum absolute atomic E-state index is 12.2. The fraction of sp³-hybridized carbons (Fsp3) is 0.214. The minimum atomic E-state index is -0.922. The average Bonchev–Trinajstić information content (AvgIpc) is 2.73. The minimum Gasteiger partial charge on any atom is -0.467 e. The molecule has 1 aliphatic rings. The number of nitrogens with zero attached hydrogens (tertiary/aromatic N) is 1.